The molecule has 0 aliphatic carbocycles. The van der Waals surface area contributed by atoms with Gasteiger partial charge in [-0.25, -0.2) is 4.98 Å². The Balaban J connectivity index is 0.00000144. The third-order valence-electron chi connectivity index (χ3n) is 3.94. The van der Waals surface area contributed by atoms with Crippen molar-refractivity contribution in [3.05, 3.63) is 52.0 Å². The molecule has 4 nitrogen and oxygen atoms in total. The molecule has 1 fully saturated rings. The van der Waals surface area contributed by atoms with Crippen LogP contribution >= 0.6 is 36.2 Å². The molecule has 24 heavy (non-hydrogen) atoms. The number of halogens is 2. The van der Waals surface area contributed by atoms with Crippen LogP contribution in [0.15, 0.2) is 35.7 Å². The normalized spacial score (nSPS) is 19.7. The summed E-state index contributed by atoms with van der Waals surface area (Å²) < 4.78 is 0. The molecule has 2 aromatic rings. The van der Waals surface area contributed by atoms with Crippen LogP contribution in [0.5, 0.6) is 0 Å². The Kier molecular flexibility index (Phi) is 8.70. The van der Waals surface area contributed by atoms with E-state index in [2.05, 4.69) is 34.7 Å². The minimum absolute atomic E-state index is 0. The molecule has 2 heterocycles. The average Bonchev–Trinajstić information content (AvgIpc) is 2.97. The van der Waals surface area contributed by atoms with Crippen molar-refractivity contribution in [3.63, 3.8) is 0 Å². The van der Waals surface area contributed by atoms with Gasteiger partial charge in [0.25, 0.3) is 5.91 Å². The van der Waals surface area contributed by atoms with Crippen LogP contribution in [0.4, 0.5) is 0 Å². The van der Waals surface area contributed by atoms with Gasteiger partial charge in [0.05, 0.1) is 5.01 Å². The number of rotatable bonds is 4. The molecule has 0 spiro atoms. The van der Waals surface area contributed by atoms with Crippen molar-refractivity contribution < 1.29 is 4.79 Å². The molecule has 1 aromatic carbocycles. The summed E-state index contributed by atoms with van der Waals surface area (Å²) in [5.41, 5.74) is 1.76. The molecule has 3 rings (SSSR count). The van der Waals surface area contributed by atoms with Crippen molar-refractivity contribution in [1.29, 1.82) is 0 Å². The van der Waals surface area contributed by atoms with E-state index in [9.17, 15) is 4.79 Å². The van der Waals surface area contributed by atoms with Gasteiger partial charge in [-0.1, -0.05) is 30.3 Å². The predicted molar refractivity (Wildman–Crippen MR) is 104 cm³/mol. The highest BCUT2D eigenvalue weighted by Gasteiger charge is 2.21. The number of aromatic nitrogens is 1. The Morgan fingerprint density at radius 1 is 1.33 bits per heavy atom. The van der Waals surface area contributed by atoms with E-state index in [1.54, 1.807) is 11.3 Å². The van der Waals surface area contributed by atoms with Gasteiger partial charge in [-0.2, -0.15) is 0 Å². The summed E-state index contributed by atoms with van der Waals surface area (Å²) in [5.74, 6) is -0.0466. The van der Waals surface area contributed by atoms with Gasteiger partial charge in [-0.05, 0) is 31.9 Å². The number of thiazole rings is 1. The third-order valence-corrected chi connectivity index (χ3v) is 4.79. The summed E-state index contributed by atoms with van der Waals surface area (Å²) in [5, 5.41) is 9.34. The number of carbonyl (C=O) groups excluding carboxylic acids is 1. The first-order chi connectivity index (χ1) is 10.7. The first-order valence-corrected chi connectivity index (χ1v) is 8.61. The molecule has 1 aliphatic heterocycles. The first-order valence-electron chi connectivity index (χ1n) is 7.73. The molecule has 1 aliphatic rings. The molecule has 0 bridgehead atoms. The van der Waals surface area contributed by atoms with Gasteiger partial charge in [0, 0.05) is 23.9 Å². The first kappa shape index (κ1) is 20.9. The van der Waals surface area contributed by atoms with Crippen LogP contribution in [-0.4, -0.2) is 29.5 Å². The number of carbonyl (C=O) groups is 1. The van der Waals surface area contributed by atoms with Gasteiger partial charge >= 0.3 is 0 Å². The fraction of sp³-hybridized carbons (Fsp3) is 0.412. The van der Waals surface area contributed by atoms with Crippen LogP contribution in [0.1, 0.15) is 40.8 Å². The maximum absolute atomic E-state index is 12.3. The second-order valence-corrected chi connectivity index (χ2v) is 6.78. The highest BCUT2D eigenvalue weighted by atomic mass is 35.5. The predicted octanol–water partition coefficient (Wildman–Crippen LogP) is 3.45. The molecule has 2 N–H and O–H groups in total. The maximum atomic E-state index is 12.3. The number of hydrogen-bond donors (Lipinski definition) is 2. The van der Waals surface area contributed by atoms with Gasteiger partial charge in [-0.3, -0.25) is 4.79 Å². The van der Waals surface area contributed by atoms with Crippen LogP contribution in [-0.2, 0) is 6.42 Å². The Hall–Kier alpha value is -1.14. The van der Waals surface area contributed by atoms with Crippen molar-refractivity contribution in [2.24, 2.45) is 0 Å². The summed E-state index contributed by atoms with van der Waals surface area (Å²) in [7, 11) is 0. The number of nitrogens with one attached hydrogen (secondary N) is 2. The lowest BCUT2D eigenvalue weighted by atomic mass is 10.0. The molecular formula is C17H23Cl2N3OS. The smallest absolute Gasteiger partial charge is 0.270 e. The summed E-state index contributed by atoms with van der Waals surface area (Å²) >= 11 is 1.55. The third kappa shape index (κ3) is 5.74. The van der Waals surface area contributed by atoms with E-state index in [1.165, 1.54) is 5.56 Å². The molecule has 1 amide bonds. The van der Waals surface area contributed by atoms with Crippen LogP contribution in [0.25, 0.3) is 0 Å². The molecule has 132 valence electrons. The molecule has 2 unspecified atom stereocenters. The standard InChI is InChI=1S/C17H21N3OS.2ClH/c1-12-9-14(7-8-18-12)19-17(21)15-11-22-16(20-15)10-13-5-3-2-4-6-13;;/h2-6,11-12,14,18H,7-10H2,1H3,(H,19,21);2*1H. The van der Waals surface area contributed by atoms with Gasteiger partial charge < -0.3 is 10.6 Å². The quantitative estimate of drug-likeness (QED) is 0.844. The van der Waals surface area contributed by atoms with Crippen LogP contribution in [0.3, 0.4) is 0 Å². The lowest BCUT2D eigenvalue weighted by molar-refractivity contribution is 0.0921. The van der Waals surface area contributed by atoms with Crippen molar-refractivity contribution in [3.8, 4) is 0 Å². The van der Waals surface area contributed by atoms with Gasteiger partial charge in [0.1, 0.15) is 5.69 Å². The topological polar surface area (TPSA) is 54.0 Å². The highest BCUT2D eigenvalue weighted by Crippen LogP contribution is 2.16. The second-order valence-electron chi connectivity index (χ2n) is 5.84. The molecular weight excluding hydrogens is 365 g/mol. The van der Waals surface area contributed by atoms with E-state index in [0.717, 1.165) is 30.8 Å². The van der Waals surface area contributed by atoms with E-state index in [-0.39, 0.29) is 36.8 Å². The van der Waals surface area contributed by atoms with E-state index in [1.807, 2.05) is 23.6 Å². The number of benzene rings is 1. The van der Waals surface area contributed by atoms with Crippen LogP contribution in [0, 0.1) is 0 Å². The van der Waals surface area contributed by atoms with Crippen molar-refractivity contribution in [1.82, 2.24) is 15.6 Å². The largest absolute Gasteiger partial charge is 0.348 e. The van der Waals surface area contributed by atoms with Crippen LogP contribution in [0.2, 0.25) is 0 Å². The zero-order valence-corrected chi connectivity index (χ0v) is 16.0. The average molecular weight is 388 g/mol. The Labute approximate surface area is 159 Å². The minimum Gasteiger partial charge on any atom is -0.348 e. The Morgan fingerprint density at radius 2 is 2.08 bits per heavy atom. The van der Waals surface area contributed by atoms with Gasteiger partial charge in [0.2, 0.25) is 0 Å². The zero-order chi connectivity index (χ0) is 15.4. The maximum Gasteiger partial charge on any atom is 0.270 e. The molecule has 1 aromatic heterocycles. The lowest BCUT2D eigenvalue weighted by Gasteiger charge is -2.28. The number of amides is 1. The van der Waals surface area contributed by atoms with Crippen molar-refractivity contribution in [2.75, 3.05) is 6.54 Å². The molecule has 2 atom stereocenters. The Bertz CT molecular complexity index is 636. The fourth-order valence-corrected chi connectivity index (χ4v) is 3.60. The molecule has 0 radical (unpaired) electrons. The van der Waals surface area contributed by atoms with Crippen LogP contribution < -0.4 is 10.6 Å². The zero-order valence-electron chi connectivity index (χ0n) is 13.5. The minimum atomic E-state index is -0.0466. The summed E-state index contributed by atoms with van der Waals surface area (Å²) in [6.45, 7) is 3.11. The molecule has 1 saturated heterocycles. The lowest BCUT2D eigenvalue weighted by Crippen LogP contribution is -2.46. The fourth-order valence-electron chi connectivity index (χ4n) is 2.79. The highest BCUT2D eigenvalue weighted by molar-refractivity contribution is 7.09. The van der Waals surface area contributed by atoms with E-state index in [4.69, 9.17) is 0 Å². The van der Waals surface area contributed by atoms with Crippen molar-refractivity contribution >= 4 is 42.1 Å². The number of nitrogens with zero attached hydrogens (tertiary/aromatic N) is 1. The summed E-state index contributed by atoms with van der Waals surface area (Å²) in [4.78, 5) is 16.8. The van der Waals surface area contributed by atoms with Gasteiger partial charge in [-0.15, -0.1) is 36.2 Å². The van der Waals surface area contributed by atoms with E-state index in [0.29, 0.717) is 11.7 Å². The number of piperidine rings is 1. The monoisotopic (exact) mass is 387 g/mol. The van der Waals surface area contributed by atoms with E-state index < -0.39 is 0 Å². The summed E-state index contributed by atoms with van der Waals surface area (Å²) in [6.07, 6.45) is 2.74. The summed E-state index contributed by atoms with van der Waals surface area (Å²) in [6, 6.07) is 10.9. The molecule has 0 saturated carbocycles. The number of hydrogen-bond acceptors (Lipinski definition) is 4. The second kappa shape index (κ2) is 9.99. The molecule has 7 heteroatoms. The van der Waals surface area contributed by atoms with Crippen molar-refractivity contribution in [2.45, 2.75) is 38.3 Å². The Morgan fingerprint density at radius 3 is 2.79 bits per heavy atom. The van der Waals surface area contributed by atoms with Gasteiger partial charge in [0.15, 0.2) is 0 Å². The van der Waals surface area contributed by atoms with E-state index >= 15 is 0 Å². The SMILES string of the molecule is CC1CC(NC(=O)c2csc(Cc3ccccc3)n2)CCN1.Cl.Cl.